The normalized spacial score (nSPS) is 14.5. The second-order valence-corrected chi connectivity index (χ2v) is 5.06. The Morgan fingerprint density at radius 1 is 1.00 bits per heavy atom. The number of unbranched alkanes of at least 4 members (excludes halogenated alkanes) is 2. The van der Waals surface area contributed by atoms with Gasteiger partial charge < -0.3 is 11.5 Å². The molecule has 17 heavy (non-hydrogen) atoms. The van der Waals surface area contributed by atoms with Crippen LogP contribution in [0.4, 0.5) is 0 Å². The summed E-state index contributed by atoms with van der Waals surface area (Å²) in [4.78, 5) is 11.3. The molecule has 0 aromatic heterocycles. The number of amides is 1. The van der Waals surface area contributed by atoms with Crippen molar-refractivity contribution in [2.45, 2.75) is 65.2 Å². The number of primary amides is 1. The van der Waals surface area contributed by atoms with Crippen LogP contribution in [-0.2, 0) is 4.79 Å². The highest BCUT2D eigenvalue weighted by atomic mass is 16.1. The average molecular weight is 242 g/mol. The van der Waals surface area contributed by atoms with Gasteiger partial charge in [0.05, 0.1) is 0 Å². The topological polar surface area (TPSA) is 69.1 Å². The fourth-order valence-electron chi connectivity index (χ4n) is 2.19. The van der Waals surface area contributed by atoms with Crippen molar-refractivity contribution >= 4 is 5.91 Å². The van der Waals surface area contributed by atoms with Crippen molar-refractivity contribution in [1.29, 1.82) is 0 Å². The molecule has 0 heterocycles. The summed E-state index contributed by atoms with van der Waals surface area (Å²) in [6, 6.07) is 0. The molecular formula is C14H30N2O. The third-order valence-corrected chi connectivity index (χ3v) is 3.53. The second kappa shape index (κ2) is 10.6. The Kier molecular flexibility index (Phi) is 10.2. The third kappa shape index (κ3) is 8.19. The lowest BCUT2D eigenvalue weighted by atomic mass is 9.89. The first-order chi connectivity index (χ1) is 8.15. The van der Waals surface area contributed by atoms with Gasteiger partial charge in [-0.2, -0.15) is 0 Å². The fraction of sp³-hybridized carbons (Fsp3) is 0.929. The van der Waals surface area contributed by atoms with Crippen molar-refractivity contribution in [3.63, 3.8) is 0 Å². The molecule has 0 fully saturated rings. The van der Waals surface area contributed by atoms with Gasteiger partial charge in [-0.1, -0.05) is 39.5 Å². The zero-order valence-corrected chi connectivity index (χ0v) is 11.6. The van der Waals surface area contributed by atoms with E-state index in [0.717, 1.165) is 38.6 Å². The van der Waals surface area contributed by atoms with Gasteiger partial charge in [0, 0.05) is 5.92 Å². The Morgan fingerprint density at radius 3 is 2.06 bits per heavy atom. The molecule has 0 aromatic rings. The minimum absolute atomic E-state index is 0.0608. The summed E-state index contributed by atoms with van der Waals surface area (Å²) >= 11 is 0. The molecule has 0 radical (unpaired) electrons. The van der Waals surface area contributed by atoms with Crippen LogP contribution in [0.3, 0.4) is 0 Å². The van der Waals surface area contributed by atoms with E-state index >= 15 is 0 Å². The molecule has 3 nitrogen and oxygen atoms in total. The standard InChI is InChI=1S/C14H30N2O/c1-3-5-7-12(11-15)9-10-13(14(16)17)8-6-4-2/h12-13H,3-11,15H2,1-2H3,(H2,16,17)/t12-,13?/m0/s1. The van der Waals surface area contributed by atoms with Crippen molar-refractivity contribution in [3.8, 4) is 0 Å². The van der Waals surface area contributed by atoms with E-state index in [-0.39, 0.29) is 11.8 Å². The van der Waals surface area contributed by atoms with E-state index in [1.165, 1.54) is 19.3 Å². The van der Waals surface area contributed by atoms with E-state index in [4.69, 9.17) is 11.5 Å². The quantitative estimate of drug-likeness (QED) is 0.585. The number of hydrogen-bond donors (Lipinski definition) is 2. The number of nitrogens with two attached hydrogens (primary N) is 2. The van der Waals surface area contributed by atoms with Crippen LogP contribution < -0.4 is 11.5 Å². The molecule has 4 N–H and O–H groups in total. The largest absolute Gasteiger partial charge is 0.369 e. The maximum Gasteiger partial charge on any atom is 0.220 e. The van der Waals surface area contributed by atoms with Crippen molar-refractivity contribution in [3.05, 3.63) is 0 Å². The molecule has 0 aliphatic carbocycles. The maximum atomic E-state index is 11.3. The van der Waals surface area contributed by atoms with Crippen LogP contribution in [0.5, 0.6) is 0 Å². The lowest BCUT2D eigenvalue weighted by Crippen LogP contribution is -2.25. The molecule has 0 aliphatic rings. The Balaban J connectivity index is 3.94. The number of carbonyl (C=O) groups is 1. The first kappa shape index (κ1) is 16.4. The average Bonchev–Trinajstić information content (AvgIpc) is 2.32. The van der Waals surface area contributed by atoms with Gasteiger partial charge in [0.2, 0.25) is 5.91 Å². The zero-order valence-electron chi connectivity index (χ0n) is 11.6. The van der Waals surface area contributed by atoms with Crippen molar-refractivity contribution in [2.75, 3.05) is 6.54 Å². The van der Waals surface area contributed by atoms with Gasteiger partial charge in [0.1, 0.15) is 0 Å². The number of rotatable bonds is 11. The van der Waals surface area contributed by atoms with E-state index in [1.54, 1.807) is 0 Å². The van der Waals surface area contributed by atoms with Gasteiger partial charge in [-0.05, 0) is 38.1 Å². The number of carbonyl (C=O) groups excluding carboxylic acids is 1. The molecule has 0 aliphatic heterocycles. The van der Waals surface area contributed by atoms with E-state index in [9.17, 15) is 4.79 Å². The van der Waals surface area contributed by atoms with E-state index in [2.05, 4.69) is 13.8 Å². The van der Waals surface area contributed by atoms with Crippen LogP contribution >= 0.6 is 0 Å². The highest BCUT2D eigenvalue weighted by Gasteiger charge is 2.16. The smallest absolute Gasteiger partial charge is 0.220 e. The summed E-state index contributed by atoms with van der Waals surface area (Å²) in [5.41, 5.74) is 11.2. The summed E-state index contributed by atoms with van der Waals surface area (Å²) < 4.78 is 0. The monoisotopic (exact) mass is 242 g/mol. The van der Waals surface area contributed by atoms with E-state index in [1.807, 2.05) is 0 Å². The fourth-order valence-corrected chi connectivity index (χ4v) is 2.19. The lowest BCUT2D eigenvalue weighted by molar-refractivity contribution is -0.122. The molecule has 3 heteroatoms. The molecule has 0 bridgehead atoms. The first-order valence-corrected chi connectivity index (χ1v) is 7.15. The summed E-state index contributed by atoms with van der Waals surface area (Å²) in [6.45, 7) is 5.07. The molecule has 0 spiro atoms. The predicted octanol–water partition coefficient (Wildman–Crippen LogP) is 2.82. The number of hydrogen-bond acceptors (Lipinski definition) is 2. The van der Waals surface area contributed by atoms with Crippen molar-refractivity contribution in [1.82, 2.24) is 0 Å². The van der Waals surface area contributed by atoms with Crippen LogP contribution in [0, 0.1) is 11.8 Å². The summed E-state index contributed by atoms with van der Waals surface area (Å²) in [6.07, 6.45) is 8.76. The van der Waals surface area contributed by atoms with Gasteiger partial charge in [-0.3, -0.25) is 4.79 Å². The van der Waals surface area contributed by atoms with E-state index in [0.29, 0.717) is 5.92 Å². The first-order valence-electron chi connectivity index (χ1n) is 7.15. The van der Waals surface area contributed by atoms with Gasteiger partial charge in [-0.25, -0.2) is 0 Å². The lowest BCUT2D eigenvalue weighted by Gasteiger charge is -2.18. The van der Waals surface area contributed by atoms with E-state index < -0.39 is 0 Å². The minimum Gasteiger partial charge on any atom is -0.369 e. The summed E-state index contributed by atoms with van der Waals surface area (Å²) in [5, 5.41) is 0. The molecule has 1 unspecified atom stereocenters. The molecule has 0 saturated carbocycles. The molecule has 2 atom stereocenters. The Bertz CT molecular complexity index is 195. The molecule has 0 rings (SSSR count). The van der Waals surface area contributed by atoms with Gasteiger partial charge >= 0.3 is 0 Å². The Labute approximate surface area is 106 Å². The van der Waals surface area contributed by atoms with Gasteiger partial charge in [0.25, 0.3) is 0 Å². The van der Waals surface area contributed by atoms with Crippen LogP contribution in [0.15, 0.2) is 0 Å². The molecule has 102 valence electrons. The summed E-state index contributed by atoms with van der Waals surface area (Å²) in [5.74, 6) is 0.494. The van der Waals surface area contributed by atoms with Gasteiger partial charge in [-0.15, -0.1) is 0 Å². The van der Waals surface area contributed by atoms with Gasteiger partial charge in [0.15, 0.2) is 0 Å². The zero-order chi connectivity index (χ0) is 13.1. The van der Waals surface area contributed by atoms with Crippen molar-refractivity contribution < 1.29 is 4.79 Å². The summed E-state index contributed by atoms with van der Waals surface area (Å²) in [7, 11) is 0. The van der Waals surface area contributed by atoms with Crippen molar-refractivity contribution in [2.24, 2.45) is 23.3 Å². The SMILES string of the molecule is CCCCC(CC[C@@H](CN)CCCC)C(N)=O. The van der Waals surface area contributed by atoms with Crippen LogP contribution in [0.1, 0.15) is 65.2 Å². The molecule has 1 amide bonds. The highest BCUT2D eigenvalue weighted by Crippen LogP contribution is 2.20. The minimum atomic E-state index is -0.135. The Hall–Kier alpha value is -0.570. The highest BCUT2D eigenvalue weighted by molar-refractivity contribution is 5.76. The molecule has 0 saturated heterocycles. The van der Waals surface area contributed by atoms with Crippen LogP contribution in [0.25, 0.3) is 0 Å². The molecule has 0 aromatic carbocycles. The molecular weight excluding hydrogens is 212 g/mol. The second-order valence-electron chi connectivity index (χ2n) is 5.06. The predicted molar refractivity (Wildman–Crippen MR) is 73.5 cm³/mol. The third-order valence-electron chi connectivity index (χ3n) is 3.53. The maximum absolute atomic E-state index is 11.3. The Morgan fingerprint density at radius 2 is 1.59 bits per heavy atom. The van der Waals surface area contributed by atoms with Crippen LogP contribution in [-0.4, -0.2) is 12.5 Å². The van der Waals surface area contributed by atoms with Crippen LogP contribution in [0.2, 0.25) is 0 Å².